The smallest absolute Gasteiger partial charge is 0.341 e. The normalized spacial score (nSPS) is 16.2. The fourth-order valence-electron chi connectivity index (χ4n) is 2.22. The number of carbonyl (C=O) groups excluding carboxylic acids is 1. The summed E-state index contributed by atoms with van der Waals surface area (Å²) in [5, 5.41) is 18.7. The van der Waals surface area contributed by atoms with Gasteiger partial charge in [0.1, 0.15) is 23.7 Å². The monoisotopic (exact) mass is 265 g/mol. The minimum absolute atomic E-state index is 0.0800. The van der Waals surface area contributed by atoms with Crippen molar-refractivity contribution in [3.05, 3.63) is 23.8 Å². The predicted octanol–water partition coefficient (Wildman–Crippen LogP) is 1.74. The van der Waals surface area contributed by atoms with Crippen molar-refractivity contribution in [2.75, 3.05) is 26.2 Å². The zero-order chi connectivity index (χ0) is 13.7. The quantitative estimate of drug-likeness (QED) is 0.811. The van der Waals surface area contributed by atoms with Gasteiger partial charge in [-0.25, -0.2) is 4.79 Å². The fraction of sp³-hybridized carbons (Fsp3) is 0.500. The molecule has 5 heteroatoms. The molecular weight excluding hydrogens is 246 g/mol. The Balaban J connectivity index is 1.80. The van der Waals surface area contributed by atoms with Crippen LogP contribution < -0.4 is 0 Å². The number of rotatable bonds is 4. The van der Waals surface area contributed by atoms with E-state index in [2.05, 4.69) is 4.90 Å². The molecule has 1 aliphatic heterocycles. The van der Waals surface area contributed by atoms with Crippen molar-refractivity contribution in [1.29, 1.82) is 0 Å². The molecule has 0 atom stereocenters. The number of esters is 1. The third kappa shape index (κ3) is 3.86. The van der Waals surface area contributed by atoms with Crippen LogP contribution in [-0.4, -0.2) is 47.3 Å². The van der Waals surface area contributed by atoms with Crippen LogP contribution in [-0.2, 0) is 4.74 Å². The van der Waals surface area contributed by atoms with Crippen LogP contribution in [0.25, 0.3) is 0 Å². The second-order valence-corrected chi connectivity index (χ2v) is 4.74. The van der Waals surface area contributed by atoms with Gasteiger partial charge in [0.25, 0.3) is 0 Å². The van der Waals surface area contributed by atoms with Crippen LogP contribution in [0.1, 0.15) is 29.6 Å². The Morgan fingerprint density at radius 1 is 1.21 bits per heavy atom. The Morgan fingerprint density at radius 2 is 1.95 bits per heavy atom. The number of nitrogens with zero attached hydrogens (tertiary/aromatic N) is 1. The van der Waals surface area contributed by atoms with E-state index in [4.69, 9.17) is 9.84 Å². The van der Waals surface area contributed by atoms with E-state index in [1.807, 2.05) is 0 Å². The molecule has 0 unspecified atom stereocenters. The molecule has 1 aliphatic rings. The highest BCUT2D eigenvalue weighted by molar-refractivity contribution is 5.92. The molecule has 5 nitrogen and oxygen atoms in total. The zero-order valence-electron chi connectivity index (χ0n) is 10.8. The standard InChI is InChI=1S/C14H19NO4/c16-11-4-5-12(13(17)10-11)14(18)19-9-8-15-6-2-1-3-7-15/h4-5,10,16-17H,1-3,6-9H2. The number of piperidine rings is 1. The van der Waals surface area contributed by atoms with E-state index >= 15 is 0 Å². The molecule has 1 saturated heterocycles. The number of carbonyl (C=O) groups is 1. The first-order valence-corrected chi connectivity index (χ1v) is 6.58. The van der Waals surface area contributed by atoms with Crippen molar-refractivity contribution in [2.45, 2.75) is 19.3 Å². The minimum atomic E-state index is -0.561. The molecule has 1 aromatic carbocycles. The first kappa shape index (κ1) is 13.7. The van der Waals surface area contributed by atoms with Gasteiger partial charge in [-0.1, -0.05) is 6.42 Å². The van der Waals surface area contributed by atoms with Gasteiger partial charge >= 0.3 is 5.97 Å². The second-order valence-electron chi connectivity index (χ2n) is 4.74. The number of phenolic OH excluding ortho intramolecular Hbond substituents is 2. The van der Waals surface area contributed by atoms with Gasteiger partial charge in [0.15, 0.2) is 0 Å². The van der Waals surface area contributed by atoms with E-state index in [0.717, 1.165) is 25.7 Å². The maximum Gasteiger partial charge on any atom is 0.341 e. The third-order valence-electron chi connectivity index (χ3n) is 3.29. The lowest BCUT2D eigenvalue weighted by Crippen LogP contribution is -2.33. The summed E-state index contributed by atoms with van der Waals surface area (Å²) in [6, 6.07) is 3.83. The molecule has 104 valence electrons. The van der Waals surface area contributed by atoms with Gasteiger partial charge in [0, 0.05) is 12.6 Å². The van der Waals surface area contributed by atoms with E-state index in [9.17, 15) is 9.90 Å². The van der Waals surface area contributed by atoms with Crippen LogP contribution in [0.4, 0.5) is 0 Å². The van der Waals surface area contributed by atoms with E-state index < -0.39 is 5.97 Å². The Morgan fingerprint density at radius 3 is 2.63 bits per heavy atom. The second kappa shape index (κ2) is 6.43. The van der Waals surface area contributed by atoms with Gasteiger partial charge in [-0.15, -0.1) is 0 Å². The number of ether oxygens (including phenoxy) is 1. The van der Waals surface area contributed by atoms with E-state index in [-0.39, 0.29) is 17.1 Å². The fourth-order valence-corrected chi connectivity index (χ4v) is 2.22. The van der Waals surface area contributed by atoms with Gasteiger partial charge in [-0.2, -0.15) is 0 Å². The van der Waals surface area contributed by atoms with E-state index in [0.29, 0.717) is 6.61 Å². The van der Waals surface area contributed by atoms with E-state index in [1.54, 1.807) is 0 Å². The van der Waals surface area contributed by atoms with Crippen LogP contribution >= 0.6 is 0 Å². The van der Waals surface area contributed by atoms with Gasteiger partial charge in [-0.05, 0) is 38.1 Å². The largest absolute Gasteiger partial charge is 0.508 e. The molecule has 19 heavy (non-hydrogen) atoms. The third-order valence-corrected chi connectivity index (χ3v) is 3.29. The van der Waals surface area contributed by atoms with Crippen LogP contribution in [0.2, 0.25) is 0 Å². The lowest BCUT2D eigenvalue weighted by Gasteiger charge is -2.25. The van der Waals surface area contributed by atoms with Gasteiger partial charge in [0.05, 0.1) is 0 Å². The molecular formula is C14H19NO4. The molecule has 0 spiro atoms. The van der Waals surface area contributed by atoms with Crippen molar-refractivity contribution < 1.29 is 19.7 Å². The van der Waals surface area contributed by atoms with Crippen molar-refractivity contribution in [3.8, 4) is 11.5 Å². The lowest BCUT2D eigenvalue weighted by molar-refractivity contribution is 0.0449. The van der Waals surface area contributed by atoms with Gasteiger partial charge < -0.3 is 14.9 Å². The van der Waals surface area contributed by atoms with Crippen molar-refractivity contribution >= 4 is 5.97 Å². The van der Waals surface area contributed by atoms with Crippen molar-refractivity contribution in [2.24, 2.45) is 0 Å². The lowest BCUT2D eigenvalue weighted by atomic mass is 10.1. The van der Waals surface area contributed by atoms with Gasteiger partial charge in [0.2, 0.25) is 0 Å². The summed E-state index contributed by atoms with van der Waals surface area (Å²) in [7, 11) is 0. The van der Waals surface area contributed by atoms with Crippen molar-refractivity contribution in [3.63, 3.8) is 0 Å². The average molecular weight is 265 g/mol. The molecule has 1 heterocycles. The molecule has 0 aromatic heterocycles. The number of phenols is 2. The molecule has 2 N–H and O–H groups in total. The first-order valence-electron chi connectivity index (χ1n) is 6.58. The van der Waals surface area contributed by atoms with Crippen LogP contribution in [0.15, 0.2) is 18.2 Å². The summed E-state index contributed by atoms with van der Waals surface area (Å²) in [4.78, 5) is 14.0. The predicted molar refractivity (Wildman–Crippen MR) is 70.3 cm³/mol. The van der Waals surface area contributed by atoms with Crippen LogP contribution in [0.3, 0.4) is 0 Å². The van der Waals surface area contributed by atoms with Crippen molar-refractivity contribution in [1.82, 2.24) is 4.90 Å². The Hall–Kier alpha value is -1.75. The number of hydrogen-bond donors (Lipinski definition) is 2. The average Bonchev–Trinajstić information content (AvgIpc) is 2.39. The molecule has 0 amide bonds. The molecule has 0 bridgehead atoms. The molecule has 0 saturated carbocycles. The summed E-state index contributed by atoms with van der Waals surface area (Å²) < 4.78 is 5.13. The van der Waals surface area contributed by atoms with E-state index in [1.165, 1.54) is 31.4 Å². The highest BCUT2D eigenvalue weighted by Gasteiger charge is 2.14. The minimum Gasteiger partial charge on any atom is -0.508 e. The maximum atomic E-state index is 11.7. The first-order chi connectivity index (χ1) is 9.16. The number of benzene rings is 1. The highest BCUT2D eigenvalue weighted by Crippen LogP contribution is 2.23. The summed E-state index contributed by atoms with van der Waals surface area (Å²) >= 11 is 0. The van der Waals surface area contributed by atoms with Gasteiger partial charge in [-0.3, -0.25) is 4.90 Å². The van der Waals surface area contributed by atoms with Crippen LogP contribution in [0.5, 0.6) is 11.5 Å². The highest BCUT2D eigenvalue weighted by atomic mass is 16.5. The topological polar surface area (TPSA) is 70.0 Å². The molecule has 1 fully saturated rings. The Labute approximate surface area is 112 Å². The SMILES string of the molecule is O=C(OCCN1CCCCC1)c1ccc(O)cc1O. The molecule has 1 aromatic rings. The summed E-state index contributed by atoms with van der Waals surface area (Å²) in [5.74, 6) is -0.903. The zero-order valence-corrected chi connectivity index (χ0v) is 10.8. The number of hydrogen-bond acceptors (Lipinski definition) is 5. The Kier molecular flexibility index (Phi) is 4.63. The summed E-state index contributed by atoms with van der Waals surface area (Å²) in [6.45, 7) is 3.16. The number of likely N-dealkylation sites (tertiary alicyclic amines) is 1. The summed E-state index contributed by atoms with van der Waals surface area (Å²) in [6.07, 6.45) is 3.68. The summed E-state index contributed by atoms with van der Waals surface area (Å²) in [5.41, 5.74) is 0.0800. The molecule has 0 aliphatic carbocycles. The molecule has 2 rings (SSSR count). The van der Waals surface area contributed by atoms with Crippen LogP contribution in [0, 0.1) is 0 Å². The number of aromatic hydroxyl groups is 2. The molecule has 0 radical (unpaired) electrons. The maximum absolute atomic E-state index is 11.7. The Bertz CT molecular complexity index is 441.